The number of anilines is 1. The van der Waals surface area contributed by atoms with Gasteiger partial charge in [-0.2, -0.15) is 0 Å². The molecule has 0 aromatic carbocycles. The van der Waals surface area contributed by atoms with Gasteiger partial charge in [0.15, 0.2) is 0 Å². The summed E-state index contributed by atoms with van der Waals surface area (Å²) in [6.45, 7) is 6.46. The molecule has 0 N–H and O–H groups in total. The number of rotatable bonds is 1. The highest BCUT2D eigenvalue weighted by Crippen LogP contribution is 2.21. The summed E-state index contributed by atoms with van der Waals surface area (Å²) >= 11 is 0. The van der Waals surface area contributed by atoms with Gasteiger partial charge in [-0.15, -0.1) is 0 Å². The molecule has 0 atom stereocenters. The molecule has 2 rings (SSSR count). The molecule has 1 aliphatic rings. The van der Waals surface area contributed by atoms with E-state index in [1.165, 1.54) is 24.8 Å². The van der Waals surface area contributed by atoms with E-state index in [4.69, 9.17) is 0 Å². The first-order valence-electron chi connectivity index (χ1n) is 5.32. The fourth-order valence-electron chi connectivity index (χ4n) is 1.95. The van der Waals surface area contributed by atoms with Crippen molar-refractivity contribution in [1.82, 2.24) is 9.97 Å². The Kier molecular flexibility index (Phi) is 2.66. The van der Waals surface area contributed by atoms with Crippen LogP contribution in [0.2, 0.25) is 0 Å². The van der Waals surface area contributed by atoms with Gasteiger partial charge in [-0.25, -0.2) is 9.97 Å². The first-order chi connectivity index (χ1) is 6.79. The van der Waals surface area contributed by atoms with Crippen LogP contribution in [0.1, 0.15) is 30.5 Å². The third-order valence-electron chi connectivity index (χ3n) is 2.97. The van der Waals surface area contributed by atoms with Crippen molar-refractivity contribution in [2.45, 2.75) is 33.1 Å². The number of hydrogen-bond donors (Lipinski definition) is 0. The fourth-order valence-corrected chi connectivity index (χ4v) is 1.95. The first-order valence-corrected chi connectivity index (χ1v) is 5.32. The number of nitrogens with zero attached hydrogens (tertiary/aromatic N) is 3. The summed E-state index contributed by atoms with van der Waals surface area (Å²) in [6, 6.07) is 0. The van der Waals surface area contributed by atoms with Crippen molar-refractivity contribution < 1.29 is 0 Å². The predicted molar refractivity (Wildman–Crippen MR) is 57.6 cm³/mol. The van der Waals surface area contributed by atoms with Gasteiger partial charge in [0.25, 0.3) is 0 Å². The Morgan fingerprint density at radius 2 is 1.79 bits per heavy atom. The van der Waals surface area contributed by atoms with Crippen molar-refractivity contribution >= 4 is 5.82 Å². The van der Waals surface area contributed by atoms with E-state index in [1.807, 2.05) is 6.92 Å². The van der Waals surface area contributed by atoms with Gasteiger partial charge in [0, 0.05) is 24.3 Å². The lowest BCUT2D eigenvalue weighted by molar-refractivity contribution is 0.571. The van der Waals surface area contributed by atoms with Crippen LogP contribution >= 0.6 is 0 Å². The summed E-state index contributed by atoms with van der Waals surface area (Å²) in [7, 11) is 0. The molecular formula is C11H17N3. The molecule has 0 unspecified atom stereocenters. The van der Waals surface area contributed by atoms with Crippen LogP contribution in [0.4, 0.5) is 5.82 Å². The second-order valence-electron chi connectivity index (χ2n) is 3.96. The van der Waals surface area contributed by atoms with Gasteiger partial charge in [-0.05, 0) is 33.1 Å². The van der Waals surface area contributed by atoms with Crippen molar-refractivity contribution in [3.63, 3.8) is 0 Å². The van der Waals surface area contributed by atoms with E-state index in [-0.39, 0.29) is 0 Å². The van der Waals surface area contributed by atoms with Crippen molar-refractivity contribution in [2.75, 3.05) is 18.0 Å². The summed E-state index contributed by atoms with van der Waals surface area (Å²) in [5.74, 6) is 1.14. The van der Waals surface area contributed by atoms with Crippen LogP contribution in [0.15, 0.2) is 6.33 Å². The molecule has 2 heterocycles. The first kappa shape index (κ1) is 9.44. The van der Waals surface area contributed by atoms with Crippen molar-refractivity contribution in [3.05, 3.63) is 17.6 Å². The Labute approximate surface area is 85.2 Å². The lowest BCUT2D eigenvalue weighted by Crippen LogP contribution is -2.31. The SMILES string of the molecule is Cc1ncnc(N2CCCCC2)c1C. The summed E-state index contributed by atoms with van der Waals surface area (Å²) in [6.07, 6.45) is 5.62. The molecule has 3 heteroatoms. The Hall–Kier alpha value is -1.12. The Bertz CT molecular complexity index is 316. The highest BCUT2D eigenvalue weighted by atomic mass is 15.2. The minimum Gasteiger partial charge on any atom is -0.356 e. The maximum absolute atomic E-state index is 4.38. The third-order valence-corrected chi connectivity index (χ3v) is 2.97. The second kappa shape index (κ2) is 3.95. The molecular weight excluding hydrogens is 174 g/mol. The standard InChI is InChI=1S/C11H17N3/c1-9-10(2)12-8-13-11(9)14-6-4-3-5-7-14/h8H,3-7H2,1-2H3. The highest BCUT2D eigenvalue weighted by Gasteiger charge is 2.14. The van der Waals surface area contributed by atoms with E-state index < -0.39 is 0 Å². The molecule has 76 valence electrons. The zero-order valence-corrected chi connectivity index (χ0v) is 8.95. The van der Waals surface area contributed by atoms with Crippen molar-refractivity contribution in [1.29, 1.82) is 0 Å². The summed E-state index contributed by atoms with van der Waals surface area (Å²) in [4.78, 5) is 11.0. The van der Waals surface area contributed by atoms with E-state index in [0.29, 0.717) is 0 Å². The minimum absolute atomic E-state index is 1.10. The monoisotopic (exact) mass is 191 g/mol. The van der Waals surface area contributed by atoms with Crippen LogP contribution in [0.3, 0.4) is 0 Å². The van der Waals surface area contributed by atoms with Crippen LogP contribution in [0.5, 0.6) is 0 Å². The zero-order valence-electron chi connectivity index (χ0n) is 8.95. The summed E-state index contributed by atoms with van der Waals surface area (Å²) < 4.78 is 0. The van der Waals surface area contributed by atoms with Crippen LogP contribution in [0, 0.1) is 13.8 Å². The van der Waals surface area contributed by atoms with E-state index in [9.17, 15) is 0 Å². The number of piperidine rings is 1. The van der Waals surface area contributed by atoms with E-state index in [0.717, 1.165) is 24.6 Å². The molecule has 0 bridgehead atoms. The quantitative estimate of drug-likeness (QED) is 0.680. The molecule has 0 radical (unpaired) electrons. The molecule has 0 amide bonds. The van der Waals surface area contributed by atoms with Gasteiger partial charge in [-0.3, -0.25) is 0 Å². The average Bonchev–Trinajstić information content (AvgIpc) is 2.23. The van der Waals surface area contributed by atoms with E-state index >= 15 is 0 Å². The highest BCUT2D eigenvalue weighted by molar-refractivity contribution is 5.47. The number of aryl methyl sites for hydroxylation is 1. The molecule has 3 nitrogen and oxygen atoms in total. The Morgan fingerprint density at radius 1 is 1.07 bits per heavy atom. The lowest BCUT2D eigenvalue weighted by atomic mass is 10.1. The largest absolute Gasteiger partial charge is 0.356 e. The molecule has 1 saturated heterocycles. The second-order valence-corrected chi connectivity index (χ2v) is 3.96. The molecule has 1 aromatic rings. The Balaban J connectivity index is 2.26. The van der Waals surface area contributed by atoms with E-state index in [1.54, 1.807) is 6.33 Å². The van der Waals surface area contributed by atoms with Gasteiger partial charge < -0.3 is 4.90 Å². The molecule has 1 aliphatic heterocycles. The van der Waals surface area contributed by atoms with Crippen LogP contribution in [-0.2, 0) is 0 Å². The van der Waals surface area contributed by atoms with Gasteiger partial charge >= 0.3 is 0 Å². The van der Waals surface area contributed by atoms with Crippen molar-refractivity contribution in [3.8, 4) is 0 Å². The van der Waals surface area contributed by atoms with Crippen LogP contribution < -0.4 is 4.90 Å². The zero-order chi connectivity index (χ0) is 9.97. The molecule has 1 aromatic heterocycles. The third kappa shape index (κ3) is 1.72. The van der Waals surface area contributed by atoms with Crippen LogP contribution in [0.25, 0.3) is 0 Å². The summed E-state index contributed by atoms with van der Waals surface area (Å²) in [5.41, 5.74) is 2.33. The predicted octanol–water partition coefficient (Wildman–Crippen LogP) is 2.08. The summed E-state index contributed by atoms with van der Waals surface area (Å²) in [5, 5.41) is 0. The lowest BCUT2D eigenvalue weighted by Gasteiger charge is -2.29. The maximum atomic E-state index is 4.38. The maximum Gasteiger partial charge on any atom is 0.135 e. The molecule has 0 saturated carbocycles. The van der Waals surface area contributed by atoms with E-state index in [2.05, 4.69) is 21.8 Å². The topological polar surface area (TPSA) is 29.0 Å². The number of aromatic nitrogens is 2. The average molecular weight is 191 g/mol. The molecule has 1 fully saturated rings. The smallest absolute Gasteiger partial charge is 0.135 e. The van der Waals surface area contributed by atoms with Gasteiger partial charge in [0.1, 0.15) is 12.1 Å². The van der Waals surface area contributed by atoms with Crippen molar-refractivity contribution in [2.24, 2.45) is 0 Å². The molecule has 0 spiro atoms. The fraction of sp³-hybridized carbons (Fsp3) is 0.636. The minimum atomic E-state index is 1.10. The van der Waals surface area contributed by atoms with Crippen LogP contribution in [-0.4, -0.2) is 23.1 Å². The number of hydrogen-bond acceptors (Lipinski definition) is 3. The van der Waals surface area contributed by atoms with Gasteiger partial charge in [0.2, 0.25) is 0 Å². The molecule has 0 aliphatic carbocycles. The van der Waals surface area contributed by atoms with Gasteiger partial charge in [-0.1, -0.05) is 0 Å². The molecule has 14 heavy (non-hydrogen) atoms. The normalized spacial score (nSPS) is 17.1. The Morgan fingerprint density at radius 3 is 2.50 bits per heavy atom. The van der Waals surface area contributed by atoms with Gasteiger partial charge in [0.05, 0.1) is 0 Å².